The molecule has 1 rings (SSSR count). The Morgan fingerprint density at radius 2 is 1.43 bits per heavy atom. The highest BCUT2D eigenvalue weighted by Gasteiger charge is 2.17. The fourth-order valence-corrected chi connectivity index (χ4v) is 3.29. The largest absolute Gasteiger partial charge is 0.392 e. The van der Waals surface area contributed by atoms with E-state index in [9.17, 15) is 14.7 Å². The second-order valence-electron chi connectivity index (χ2n) is 8.45. The normalized spacial score (nSPS) is 15.9. The Morgan fingerprint density at radius 1 is 0.833 bits per heavy atom. The van der Waals surface area contributed by atoms with E-state index >= 15 is 0 Å². The third kappa shape index (κ3) is 10.5. The quantitative estimate of drug-likeness (QED) is 0.294. The molecule has 0 aromatic rings. The highest BCUT2D eigenvalue weighted by Crippen LogP contribution is 2.18. The number of carbonyl (C=O) groups is 2. The predicted molar refractivity (Wildman–Crippen MR) is 126 cm³/mol. The Kier molecular flexibility index (Phi) is 11.9. The third-order valence-corrected chi connectivity index (χ3v) is 5.22. The summed E-state index contributed by atoms with van der Waals surface area (Å²) in [6.07, 6.45) is 17.9. The number of aliphatic hydroxyl groups is 1. The van der Waals surface area contributed by atoms with Crippen LogP contribution in [0.2, 0.25) is 0 Å². The lowest BCUT2D eigenvalue weighted by molar-refractivity contribution is -0.115. The lowest BCUT2D eigenvalue weighted by atomic mass is 9.94. The minimum Gasteiger partial charge on any atom is -0.392 e. The molecule has 0 aliphatic heterocycles. The first-order valence-corrected chi connectivity index (χ1v) is 10.9. The molecule has 1 aliphatic rings. The van der Waals surface area contributed by atoms with Crippen molar-refractivity contribution in [2.75, 3.05) is 6.61 Å². The maximum Gasteiger partial charge on any atom is 0.185 e. The van der Waals surface area contributed by atoms with Crippen LogP contribution in [0.25, 0.3) is 0 Å². The van der Waals surface area contributed by atoms with Gasteiger partial charge in [0.1, 0.15) is 0 Å². The van der Waals surface area contributed by atoms with Gasteiger partial charge in [-0.2, -0.15) is 0 Å². The van der Waals surface area contributed by atoms with Gasteiger partial charge in [0.05, 0.1) is 6.61 Å². The molecule has 0 unspecified atom stereocenters. The summed E-state index contributed by atoms with van der Waals surface area (Å²) in [6, 6.07) is 0. The minimum absolute atomic E-state index is 0.0226. The van der Waals surface area contributed by atoms with E-state index in [1.54, 1.807) is 6.92 Å². The van der Waals surface area contributed by atoms with Gasteiger partial charge in [0, 0.05) is 11.1 Å². The van der Waals surface area contributed by atoms with Gasteiger partial charge in [-0.15, -0.1) is 0 Å². The molecule has 0 fully saturated rings. The highest BCUT2D eigenvalue weighted by molar-refractivity contribution is 6.20. The molecule has 0 heterocycles. The van der Waals surface area contributed by atoms with Crippen LogP contribution in [0.5, 0.6) is 0 Å². The minimum atomic E-state index is -0.0953. The van der Waals surface area contributed by atoms with E-state index < -0.39 is 0 Å². The standard InChI is InChI=1S/C27H38O3/c1-20(2)9-6-13-24(19-28)14-8-12-21(3)10-7-11-22(4)15-16-25-18-26(29)17-23(5)27(25)30/h9-10,14-15,17-18,28H,6-8,11-13,16,19H2,1-5H3/b21-10+,22-15+,24-14-. The maximum absolute atomic E-state index is 12.1. The number of Topliss-reactive ketones (excluding diaryl/α,β-unsaturated/α-hetero) is 1. The Hall–Kier alpha value is -2.26. The number of rotatable bonds is 12. The Bertz CT molecular complexity index is 794. The first-order valence-electron chi connectivity index (χ1n) is 10.9. The summed E-state index contributed by atoms with van der Waals surface area (Å²) < 4.78 is 0. The van der Waals surface area contributed by atoms with Crippen molar-refractivity contribution in [3.05, 3.63) is 69.9 Å². The fraction of sp³-hybridized carbons (Fsp3) is 0.481. The third-order valence-electron chi connectivity index (χ3n) is 5.22. The van der Waals surface area contributed by atoms with E-state index in [0.717, 1.165) is 44.1 Å². The molecule has 0 aromatic heterocycles. The molecule has 0 amide bonds. The number of ketones is 2. The Balaban J connectivity index is 2.41. The topological polar surface area (TPSA) is 54.4 Å². The fourth-order valence-electron chi connectivity index (χ4n) is 3.29. The second-order valence-corrected chi connectivity index (χ2v) is 8.45. The predicted octanol–water partition coefficient (Wildman–Crippen LogP) is 6.52. The average Bonchev–Trinajstić information content (AvgIpc) is 2.68. The van der Waals surface area contributed by atoms with Crippen molar-refractivity contribution in [1.82, 2.24) is 0 Å². The zero-order chi connectivity index (χ0) is 22.5. The first kappa shape index (κ1) is 25.8. The van der Waals surface area contributed by atoms with Crippen LogP contribution in [0.15, 0.2) is 69.9 Å². The molecule has 0 saturated heterocycles. The van der Waals surface area contributed by atoms with Gasteiger partial charge < -0.3 is 5.11 Å². The van der Waals surface area contributed by atoms with Gasteiger partial charge in [0.25, 0.3) is 0 Å². The monoisotopic (exact) mass is 410 g/mol. The highest BCUT2D eigenvalue weighted by atomic mass is 16.3. The van der Waals surface area contributed by atoms with E-state index in [1.807, 2.05) is 0 Å². The average molecular weight is 411 g/mol. The Morgan fingerprint density at radius 3 is 2.07 bits per heavy atom. The number of hydrogen-bond donors (Lipinski definition) is 1. The van der Waals surface area contributed by atoms with Crippen LogP contribution in [0, 0.1) is 0 Å². The molecule has 0 radical (unpaired) electrons. The molecule has 30 heavy (non-hydrogen) atoms. The molecular weight excluding hydrogens is 372 g/mol. The van der Waals surface area contributed by atoms with Crippen molar-refractivity contribution >= 4 is 11.6 Å². The number of carbonyl (C=O) groups excluding carboxylic acids is 2. The molecule has 0 bridgehead atoms. The van der Waals surface area contributed by atoms with Crippen molar-refractivity contribution < 1.29 is 14.7 Å². The van der Waals surface area contributed by atoms with Gasteiger partial charge in [-0.3, -0.25) is 9.59 Å². The summed E-state index contributed by atoms with van der Waals surface area (Å²) in [5.41, 5.74) is 6.14. The zero-order valence-electron chi connectivity index (χ0n) is 19.4. The SMILES string of the molecule is CC(C)=CCC/C(=C/CC/C(C)=C/CC/C(C)=C/CC1=CC(=O)C=C(C)C1=O)CO. The van der Waals surface area contributed by atoms with Gasteiger partial charge in [-0.05, 0) is 97.3 Å². The smallest absolute Gasteiger partial charge is 0.185 e. The van der Waals surface area contributed by atoms with Crippen molar-refractivity contribution in [2.45, 2.75) is 79.6 Å². The van der Waals surface area contributed by atoms with Crippen molar-refractivity contribution in [1.29, 1.82) is 0 Å². The number of allylic oxidation sites excluding steroid dienone is 11. The summed E-state index contributed by atoms with van der Waals surface area (Å²) in [4.78, 5) is 23.7. The summed E-state index contributed by atoms with van der Waals surface area (Å²) in [6.45, 7) is 10.3. The maximum atomic E-state index is 12.1. The lowest BCUT2D eigenvalue weighted by Gasteiger charge is -2.09. The van der Waals surface area contributed by atoms with Crippen LogP contribution >= 0.6 is 0 Å². The summed E-state index contributed by atoms with van der Waals surface area (Å²) in [5, 5.41) is 9.49. The van der Waals surface area contributed by atoms with E-state index in [1.165, 1.54) is 28.9 Å². The first-order chi connectivity index (χ1) is 14.2. The second kappa shape index (κ2) is 13.9. The van der Waals surface area contributed by atoms with E-state index in [0.29, 0.717) is 17.6 Å². The Labute approximate surface area is 182 Å². The summed E-state index contributed by atoms with van der Waals surface area (Å²) in [5.74, 6) is -0.118. The van der Waals surface area contributed by atoms with Gasteiger partial charge in [0.15, 0.2) is 11.6 Å². The molecule has 0 aromatic carbocycles. The van der Waals surface area contributed by atoms with E-state index in [-0.39, 0.29) is 18.2 Å². The molecule has 0 saturated carbocycles. The van der Waals surface area contributed by atoms with Gasteiger partial charge in [-0.1, -0.05) is 41.0 Å². The van der Waals surface area contributed by atoms with Crippen molar-refractivity contribution in [3.63, 3.8) is 0 Å². The molecule has 0 spiro atoms. The van der Waals surface area contributed by atoms with Crippen LogP contribution in [0.3, 0.4) is 0 Å². The lowest BCUT2D eigenvalue weighted by Crippen LogP contribution is -2.12. The molecule has 1 aliphatic carbocycles. The van der Waals surface area contributed by atoms with Gasteiger partial charge in [-0.25, -0.2) is 0 Å². The molecule has 3 heteroatoms. The van der Waals surface area contributed by atoms with Gasteiger partial charge in [0.2, 0.25) is 0 Å². The van der Waals surface area contributed by atoms with Crippen LogP contribution < -0.4 is 0 Å². The van der Waals surface area contributed by atoms with E-state index in [2.05, 4.69) is 52.0 Å². The van der Waals surface area contributed by atoms with Crippen molar-refractivity contribution in [3.8, 4) is 0 Å². The molecule has 0 atom stereocenters. The summed E-state index contributed by atoms with van der Waals surface area (Å²) in [7, 11) is 0. The van der Waals surface area contributed by atoms with Crippen LogP contribution in [0.4, 0.5) is 0 Å². The molecule has 164 valence electrons. The molecule has 1 N–H and O–H groups in total. The van der Waals surface area contributed by atoms with E-state index in [4.69, 9.17) is 0 Å². The molecule has 3 nitrogen and oxygen atoms in total. The number of hydrogen-bond acceptors (Lipinski definition) is 3. The van der Waals surface area contributed by atoms with Crippen LogP contribution in [-0.2, 0) is 9.59 Å². The van der Waals surface area contributed by atoms with Crippen LogP contribution in [-0.4, -0.2) is 23.3 Å². The van der Waals surface area contributed by atoms with Gasteiger partial charge >= 0.3 is 0 Å². The number of aliphatic hydroxyl groups excluding tert-OH is 1. The zero-order valence-corrected chi connectivity index (χ0v) is 19.4. The summed E-state index contributed by atoms with van der Waals surface area (Å²) >= 11 is 0. The van der Waals surface area contributed by atoms with Crippen LogP contribution in [0.1, 0.15) is 79.6 Å². The molecular formula is C27H38O3. The van der Waals surface area contributed by atoms with Crippen molar-refractivity contribution in [2.24, 2.45) is 0 Å².